The maximum atomic E-state index is 12.3. The fraction of sp³-hybridized carbons (Fsp3) is 0.176. The van der Waals surface area contributed by atoms with Crippen LogP contribution in [0.2, 0.25) is 5.02 Å². The molecular formula is C17H12ClIN2O5S2. The topological polar surface area (TPSA) is 103 Å². The molecule has 0 saturated carbocycles. The van der Waals surface area contributed by atoms with Gasteiger partial charge in [-0.25, -0.2) is 8.42 Å². The highest BCUT2D eigenvalue weighted by Gasteiger charge is 2.16. The number of benzene rings is 1. The van der Waals surface area contributed by atoms with Crippen LogP contribution in [-0.4, -0.2) is 30.6 Å². The lowest BCUT2D eigenvalue weighted by Gasteiger charge is -2.08. The third kappa shape index (κ3) is 4.85. The first-order valence-corrected chi connectivity index (χ1v) is 11.8. The first-order valence-electron chi connectivity index (χ1n) is 7.80. The molecule has 0 aliphatic carbocycles. The molecule has 3 rings (SSSR count). The molecule has 0 atom stereocenters. The van der Waals surface area contributed by atoms with Crippen molar-refractivity contribution in [1.82, 2.24) is 9.97 Å². The molecule has 0 fully saturated rings. The van der Waals surface area contributed by atoms with Crippen LogP contribution in [0.4, 0.5) is 0 Å². The van der Waals surface area contributed by atoms with Crippen molar-refractivity contribution in [2.45, 2.75) is 17.7 Å². The number of aryl methyl sites for hydroxylation is 1. The Kier molecular flexibility index (Phi) is 6.32. The molecule has 146 valence electrons. The minimum atomic E-state index is -3.54. The molecule has 3 aromatic rings. The van der Waals surface area contributed by atoms with Gasteiger partial charge in [-0.1, -0.05) is 11.6 Å². The van der Waals surface area contributed by atoms with Gasteiger partial charge < -0.3 is 3.07 Å². The smallest absolute Gasteiger partial charge is 0.315 e. The lowest BCUT2D eigenvalue weighted by molar-refractivity contribution is -0.131. The van der Waals surface area contributed by atoms with Crippen LogP contribution in [0.25, 0.3) is 20.8 Å². The fourth-order valence-corrected chi connectivity index (χ4v) is 4.56. The molecule has 0 aliphatic heterocycles. The van der Waals surface area contributed by atoms with Crippen molar-refractivity contribution in [2.75, 3.05) is 6.26 Å². The van der Waals surface area contributed by atoms with Crippen LogP contribution in [0.3, 0.4) is 0 Å². The number of nitrogens with zero attached hydrogens (tertiary/aromatic N) is 2. The van der Waals surface area contributed by atoms with Crippen molar-refractivity contribution < 1.29 is 16.3 Å². The first-order chi connectivity index (χ1) is 13.2. The normalized spacial score (nSPS) is 11.5. The van der Waals surface area contributed by atoms with Gasteiger partial charge in [0.05, 0.1) is 16.7 Å². The van der Waals surface area contributed by atoms with E-state index in [1.165, 1.54) is 46.5 Å². The Balaban J connectivity index is 2.16. The minimum absolute atomic E-state index is 0.0305. The summed E-state index contributed by atoms with van der Waals surface area (Å²) < 4.78 is 29.3. The third-order valence-electron chi connectivity index (χ3n) is 3.75. The summed E-state index contributed by atoms with van der Waals surface area (Å²) in [5.74, 6) is -0.447. The van der Waals surface area contributed by atoms with Gasteiger partial charge in [-0.2, -0.15) is 4.98 Å². The number of rotatable bonds is 5. The molecule has 2 aromatic heterocycles. The maximum absolute atomic E-state index is 12.3. The molecule has 0 N–H and O–H groups in total. The zero-order valence-corrected chi connectivity index (χ0v) is 18.9. The zero-order chi connectivity index (χ0) is 20.5. The second kappa shape index (κ2) is 8.39. The van der Waals surface area contributed by atoms with Gasteiger partial charge in [-0.3, -0.25) is 14.6 Å². The molecule has 0 bridgehead atoms. The number of halogens is 2. The van der Waals surface area contributed by atoms with Crippen molar-refractivity contribution in [3.05, 3.63) is 51.4 Å². The first kappa shape index (κ1) is 21.1. The Labute approximate surface area is 183 Å². The van der Waals surface area contributed by atoms with Crippen molar-refractivity contribution in [3.8, 4) is 10.7 Å². The van der Waals surface area contributed by atoms with Crippen molar-refractivity contribution in [2.24, 2.45) is 0 Å². The molecule has 1 aromatic carbocycles. The van der Waals surface area contributed by atoms with E-state index in [0.29, 0.717) is 20.8 Å². The average Bonchev–Trinajstić information content (AvgIpc) is 2.64. The van der Waals surface area contributed by atoms with Gasteiger partial charge in [0.25, 0.3) is 5.56 Å². The number of sulfone groups is 1. The van der Waals surface area contributed by atoms with Gasteiger partial charge >= 0.3 is 5.97 Å². The van der Waals surface area contributed by atoms with E-state index in [0.717, 1.165) is 6.26 Å². The summed E-state index contributed by atoms with van der Waals surface area (Å²) in [5.41, 5.74) is 0.166. The SMILES string of the molecule is CS(=O)(=O)c1cc(CCC(=O)OI)nc(-c2nc(=O)c3ccc(Cl)cc3s2)c1. The number of pyridine rings is 1. The Morgan fingerprint density at radius 2 is 2.00 bits per heavy atom. The Bertz CT molecular complexity index is 1240. The number of carbonyl (C=O) groups excluding carboxylic acids is 1. The summed E-state index contributed by atoms with van der Waals surface area (Å²) in [7, 11) is -3.54. The van der Waals surface area contributed by atoms with E-state index in [-0.39, 0.29) is 28.4 Å². The molecule has 0 amide bonds. The monoisotopic (exact) mass is 550 g/mol. The number of hydrogen-bond donors (Lipinski definition) is 0. The van der Waals surface area contributed by atoms with E-state index in [1.54, 1.807) is 18.2 Å². The minimum Gasteiger partial charge on any atom is -0.394 e. The molecule has 0 spiro atoms. The van der Waals surface area contributed by atoms with Crippen LogP contribution in [0.1, 0.15) is 12.1 Å². The molecule has 0 aliphatic rings. The fourth-order valence-electron chi connectivity index (χ4n) is 2.43. The predicted molar refractivity (Wildman–Crippen MR) is 116 cm³/mol. The van der Waals surface area contributed by atoms with Crippen LogP contribution < -0.4 is 5.56 Å². The number of fused-ring (bicyclic) bond motifs is 1. The molecular weight excluding hydrogens is 539 g/mol. The van der Waals surface area contributed by atoms with Crippen LogP contribution >= 0.6 is 45.9 Å². The highest BCUT2D eigenvalue weighted by atomic mass is 127. The van der Waals surface area contributed by atoms with Crippen LogP contribution in [0, 0.1) is 0 Å². The van der Waals surface area contributed by atoms with Gasteiger partial charge in [-0.15, -0.1) is 11.3 Å². The van der Waals surface area contributed by atoms with Gasteiger partial charge in [0.1, 0.15) is 10.7 Å². The lowest BCUT2D eigenvalue weighted by Crippen LogP contribution is -2.08. The molecule has 28 heavy (non-hydrogen) atoms. The third-order valence-corrected chi connectivity index (χ3v) is 6.62. The summed E-state index contributed by atoms with van der Waals surface area (Å²) in [5, 5.41) is 1.15. The summed E-state index contributed by atoms with van der Waals surface area (Å²) in [6.07, 6.45) is 1.30. The van der Waals surface area contributed by atoms with E-state index in [1.807, 2.05) is 0 Å². The second-order valence-electron chi connectivity index (χ2n) is 5.87. The predicted octanol–water partition coefficient (Wildman–Crippen LogP) is 3.60. The summed E-state index contributed by atoms with van der Waals surface area (Å²) >= 11 is 8.67. The standard InChI is InChI=1S/C17H12ClIN2O5S2/c1-28(24,25)11-7-10(3-5-15(22)26-19)20-13(8-11)17-21-16(23)12-4-2-9(18)6-14(12)27-17/h2,4,6-8H,3,5H2,1H3. The Morgan fingerprint density at radius 3 is 2.68 bits per heavy atom. The highest BCUT2D eigenvalue weighted by molar-refractivity contribution is 14.1. The van der Waals surface area contributed by atoms with E-state index in [4.69, 9.17) is 11.6 Å². The van der Waals surface area contributed by atoms with Crippen LogP contribution in [0.15, 0.2) is 40.0 Å². The molecule has 0 saturated heterocycles. The van der Waals surface area contributed by atoms with E-state index >= 15 is 0 Å². The zero-order valence-electron chi connectivity index (χ0n) is 14.3. The van der Waals surface area contributed by atoms with Gasteiger partial charge in [0, 0.05) is 28.1 Å². The van der Waals surface area contributed by atoms with E-state index < -0.39 is 21.4 Å². The van der Waals surface area contributed by atoms with Crippen molar-refractivity contribution in [1.29, 1.82) is 0 Å². The average molecular weight is 551 g/mol. The van der Waals surface area contributed by atoms with Crippen molar-refractivity contribution >= 4 is 71.8 Å². The molecule has 0 unspecified atom stereocenters. The summed E-state index contributed by atoms with van der Waals surface area (Å²) in [6, 6.07) is 7.61. The maximum Gasteiger partial charge on any atom is 0.315 e. The number of hydrogen-bond acceptors (Lipinski definition) is 8. The molecule has 7 nitrogen and oxygen atoms in total. The summed E-state index contributed by atoms with van der Waals surface area (Å²) in [6.45, 7) is 0. The second-order valence-corrected chi connectivity index (χ2v) is 9.79. The number of aromatic nitrogens is 2. The molecule has 0 radical (unpaired) electrons. The number of carbonyl (C=O) groups is 1. The van der Waals surface area contributed by atoms with Crippen molar-refractivity contribution in [3.63, 3.8) is 0 Å². The largest absolute Gasteiger partial charge is 0.394 e. The molecule has 2 heterocycles. The van der Waals surface area contributed by atoms with Gasteiger partial charge in [0.2, 0.25) is 0 Å². The quantitative estimate of drug-likeness (QED) is 0.447. The van der Waals surface area contributed by atoms with Gasteiger partial charge in [0.15, 0.2) is 32.8 Å². The highest BCUT2D eigenvalue weighted by Crippen LogP contribution is 2.28. The Hall–Kier alpha value is -1.63. The van der Waals surface area contributed by atoms with E-state index in [2.05, 4.69) is 13.0 Å². The summed E-state index contributed by atoms with van der Waals surface area (Å²) in [4.78, 5) is 32.2. The Morgan fingerprint density at radius 1 is 1.25 bits per heavy atom. The lowest BCUT2D eigenvalue weighted by atomic mass is 10.2. The molecule has 11 heteroatoms. The van der Waals surface area contributed by atoms with E-state index in [9.17, 15) is 18.0 Å². The van der Waals surface area contributed by atoms with Crippen LogP contribution in [0.5, 0.6) is 0 Å². The van der Waals surface area contributed by atoms with Crippen LogP contribution in [-0.2, 0) is 24.1 Å². The van der Waals surface area contributed by atoms with Gasteiger partial charge in [-0.05, 0) is 30.3 Å².